The third-order valence-corrected chi connectivity index (χ3v) is 3.34. The van der Waals surface area contributed by atoms with Crippen LogP contribution in [0.5, 0.6) is 0 Å². The van der Waals surface area contributed by atoms with Gasteiger partial charge in [-0.25, -0.2) is 9.38 Å². The number of aromatic nitrogens is 2. The third-order valence-electron chi connectivity index (χ3n) is 3.34. The monoisotopic (exact) mass is 333 g/mol. The van der Waals surface area contributed by atoms with E-state index in [4.69, 9.17) is 4.52 Å². The largest absolute Gasteiger partial charge is 0.357 e. The molecule has 1 heterocycles. The Labute approximate surface area is 141 Å². The Hall–Kier alpha value is -2.44. The summed E-state index contributed by atoms with van der Waals surface area (Å²) in [5, 5.41) is 10.3. The molecule has 1 aromatic carbocycles. The fraction of sp³-hybridized carbons (Fsp3) is 0.471. The van der Waals surface area contributed by atoms with Crippen molar-refractivity contribution in [2.45, 2.75) is 39.7 Å². The number of nitrogens with zero attached hydrogens (tertiary/aromatic N) is 3. The lowest BCUT2D eigenvalue weighted by molar-refractivity contribution is 0.371. The minimum atomic E-state index is -0.246. The Morgan fingerprint density at radius 1 is 1.29 bits per heavy atom. The van der Waals surface area contributed by atoms with Gasteiger partial charge in [-0.1, -0.05) is 37.2 Å². The fourth-order valence-corrected chi connectivity index (χ4v) is 2.02. The van der Waals surface area contributed by atoms with Gasteiger partial charge in [-0.2, -0.15) is 4.98 Å². The van der Waals surface area contributed by atoms with Crippen molar-refractivity contribution in [2.24, 2.45) is 4.99 Å². The molecule has 0 saturated carbocycles. The lowest BCUT2D eigenvalue weighted by atomic mass is 10.2. The van der Waals surface area contributed by atoms with Gasteiger partial charge >= 0.3 is 0 Å². The number of benzene rings is 1. The van der Waals surface area contributed by atoms with Gasteiger partial charge in [0.1, 0.15) is 5.82 Å². The SMILES string of the molecule is CCNC(=NCc1ccccc1F)NCCc1nc(C(C)C)no1. The van der Waals surface area contributed by atoms with Gasteiger partial charge < -0.3 is 15.2 Å². The molecular formula is C17H24FN5O. The van der Waals surface area contributed by atoms with Crippen molar-refractivity contribution in [1.82, 2.24) is 20.8 Å². The van der Waals surface area contributed by atoms with Crippen molar-refractivity contribution in [3.05, 3.63) is 47.4 Å². The van der Waals surface area contributed by atoms with E-state index in [0.717, 1.165) is 6.54 Å². The second-order valence-corrected chi connectivity index (χ2v) is 5.66. The van der Waals surface area contributed by atoms with Crippen molar-refractivity contribution >= 4 is 5.96 Å². The first-order valence-electron chi connectivity index (χ1n) is 8.18. The van der Waals surface area contributed by atoms with Crippen LogP contribution in [0, 0.1) is 5.82 Å². The number of aliphatic imine (C=N–C) groups is 1. The van der Waals surface area contributed by atoms with Crippen LogP contribution in [0.3, 0.4) is 0 Å². The maximum Gasteiger partial charge on any atom is 0.228 e. The van der Waals surface area contributed by atoms with Gasteiger partial charge in [0.2, 0.25) is 5.89 Å². The maximum atomic E-state index is 13.6. The van der Waals surface area contributed by atoms with Crippen molar-refractivity contribution in [3.8, 4) is 0 Å². The molecule has 0 bridgehead atoms. The Morgan fingerprint density at radius 2 is 2.08 bits per heavy atom. The lowest BCUT2D eigenvalue weighted by Crippen LogP contribution is -2.38. The third kappa shape index (κ3) is 5.33. The Bertz CT molecular complexity index is 669. The molecule has 0 unspecified atom stereocenters. The summed E-state index contributed by atoms with van der Waals surface area (Å²) in [6.45, 7) is 7.62. The minimum Gasteiger partial charge on any atom is -0.357 e. The van der Waals surface area contributed by atoms with Crippen LogP contribution in [0.25, 0.3) is 0 Å². The quantitative estimate of drug-likeness (QED) is 0.602. The molecule has 0 saturated heterocycles. The Kier molecular flexibility index (Phi) is 6.72. The van der Waals surface area contributed by atoms with E-state index in [1.807, 2.05) is 20.8 Å². The van der Waals surface area contributed by atoms with E-state index in [2.05, 4.69) is 25.8 Å². The van der Waals surface area contributed by atoms with Gasteiger partial charge in [-0.05, 0) is 13.0 Å². The molecule has 2 aromatic rings. The summed E-state index contributed by atoms with van der Waals surface area (Å²) >= 11 is 0. The summed E-state index contributed by atoms with van der Waals surface area (Å²) in [6.07, 6.45) is 0.601. The van der Waals surface area contributed by atoms with E-state index in [-0.39, 0.29) is 18.3 Å². The molecule has 0 fully saturated rings. The number of rotatable bonds is 7. The highest BCUT2D eigenvalue weighted by Gasteiger charge is 2.09. The van der Waals surface area contributed by atoms with E-state index >= 15 is 0 Å². The highest BCUT2D eigenvalue weighted by molar-refractivity contribution is 5.79. The van der Waals surface area contributed by atoms with Crippen LogP contribution < -0.4 is 10.6 Å². The number of hydrogen-bond acceptors (Lipinski definition) is 4. The van der Waals surface area contributed by atoms with Gasteiger partial charge in [-0.15, -0.1) is 0 Å². The van der Waals surface area contributed by atoms with Crippen LogP contribution in [-0.4, -0.2) is 29.2 Å². The number of nitrogens with one attached hydrogen (secondary N) is 2. The summed E-state index contributed by atoms with van der Waals surface area (Å²) < 4.78 is 18.8. The van der Waals surface area contributed by atoms with Gasteiger partial charge in [0.05, 0.1) is 6.54 Å². The molecule has 0 amide bonds. The van der Waals surface area contributed by atoms with E-state index in [1.54, 1.807) is 18.2 Å². The first-order valence-corrected chi connectivity index (χ1v) is 8.18. The molecule has 0 radical (unpaired) electrons. The number of guanidine groups is 1. The summed E-state index contributed by atoms with van der Waals surface area (Å²) in [6, 6.07) is 6.64. The molecular weight excluding hydrogens is 309 g/mol. The standard InChI is InChI=1S/C17H24FN5O/c1-4-19-17(21-11-13-7-5-6-8-14(13)18)20-10-9-15-22-16(12(2)3)23-24-15/h5-8,12H,4,9-11H2,1-3H3,(H2,19,20,21). The Balaban J connectivity index is 1.88. The fourth-order valence-electron chi connectivity index (χ4n) is 2.02. The molecule has 0 aliphatic carbocycles. The number of halogens is 1. The average molecular weight is 333 g/mol. The van der Waals surface area contributed by atoms with Crippen LogP contribution in [0.4, 0.5) is 4.39 Å². The Morgan fingerprint density at radius 3 is 2.75 bits per heavy atom. The van der Waals surface area contributed by atoms with Gasteiger partial charge in [0, 0.05) is 31.0 Å². The van der Waals surface area contributed by atoms with Crippen molar-refractivity contribution < 1.29 is 8.91 Å². The molecule has 0 aliphatic rings. The molecule has 0 aliphatic heterocycles. The van der Waals surface area contributed by atoms with E-state index in [9.17, 15) is 4.39 Å². The summed E-state index contributed by atoms with van der Waals surface area (Å²) in [5.41, 5.74) is 0.563. The topological polar surface area (TPSA) is 75.3 Å². The van der Waals surface area contributed by atoms with E-state index in [0.29, 0.717) is 36.2 Å². The summed E-state index contributed by atoms with van der Waals surface area (Å²) in [7, 11) is 0. The van der Waals surface area contributed by atoms with Crippen LogP contribution in [0.2, 0.25) is 0 Å². The van der Waals surface area contributed by atoms with Crippen LogP contribution in [-0.2, 0) is 13.0 Å². The van der Waals surface area contributed by atoms with Crippen molar-refractivity contribution in [1.29, 1.82) is 0 Å². The van der Waals surface area contributed by atoms with Crippen molar-refractivity contribution in [2.75, 3.05) is 13.1 Å². The zero-order valence-corrected chi connectivity index (χ0v) is 14.3. The predicted octanol–water partition coefficient (Wildman–Crippen LogP) is 2.63. The van der Waals surface area contributed by atoms with Crippen LogP contribution in [0.15, 0.2) is 33.8 Å². The molecule has 7 heteroatoms. The molecule has 6 nitrogen and oxygen atoms in total. The molecule has 0 atom stereocenters. The second kappa shape index (κ2) is 9.00. The zero-order chi connectivity index (χ0) is 17.4. The molecule has 24 heavy (non-hydrogen) atoms. The van der Waals surface area contributed by atoms with E-state index in [1.165, 1.54) is 6.07 Å². The van der Waals surface area contributed by atoms with Crippen LogP contribution in [0.1, 0.15) is 44.0 Å². The van der Waals surface area contributed by atoms with Gasteiger partial charge in [-0.3, -0.25) is 0 Å². The van der Waals surface area contributed by atoms with Crippen molar-refractivity contribution in [3.63, 3.8) is 0 Å². The molecule has 0 spiro atoms. The molecule has 2 rings (SSSR count). The average Bonchev–Trinajstić information content (AvgIpc) is 3.03. The van der Waals surface area contributed by atoms with Gasteiger partial charge in [0.15, 0.2) is 11.8 Å². The predicted molar refractivity (Wildman–Crippen MR) is 91.3 cm³/mol. The van der Waals surface area contributed by atoms with E-state index < -0.39 is 0 Å². The first kappa shape index (κ1) is 17.9. The zero-order valence-electron chi connectivity index (χ0n) is 14.3. The molecule has 1 aromatic heterocycles. The lowest BCUT2D eigenvalue weighted by Gasteiger charge is -2.10. The second-order valence-electron chi connectivity index (χ2n) is 5.66. The summed E-state index contributed by atoms with van der Waals surface area (Å²) in [5.74, 6) is 1.94. The normalized spacial score (nSPS) is 11.8. The summed E-state index contributed by atoms with van der Waals surface area (Å²) in [4.78, 5) is 8.73. The molecule has 130 valence electrons. The minimum absolute atomic E-state index is 0.245. The highest BCUT2D eigenvalue weighted by atomic mass is 19.1. The maximum absolute atomic E-state index is 13.6. The van der Waals surface area contributed by atoms with Crippen LogP contribution >= 0.6 is 0 Å². The highest BCUT2D eigenvalue weighted by Crippen LogP contribution is 2.09. The first-order chi connectivity index (χ1) is 11.6. The molecule has 2 N–H and O–H groups in total. The smallest absolute Gasteiger partial charge is 0.228 e. The number of hydrogen-bond donors (Lipinski definition) is 2. The van der Waals surface area contributed by atoms with Gasteiger partial charge in [0.25, 0.3) is 0 Å².